The van der Waals surface area contributed by atoms with Crippen molar-refractivity contribution in [2.75, 3.05) is 13.1 Å². The highest BCUT2D eigenvalue weighted by atomic mass is 32.1. The molecule has 1 aromatic heterocycles. The summed E-state index contributed by atoms with van der Waals surface area (Å²) in [4.78, 5) is 1.34. The van der Waals surface area contributed by atoms with Crippen LogP contribution in [0, 0.1) is 0 Å². The van der Waals surface area contributed by atoms with Crippen LogP contribution in [0.2, 0.25) is 0 Å². The number of thiophene rings is 1. The maximum atomic E-state index is 6.01. The van der Waals surface area contributed by atoms with Crippen LogP contribution in [0.25, 0.3) is 0 Å². The zero-order chi connectivity index (χ0) is 9.80. The number of rotatable bonds is 3. The van der Waals surface area contributed by atoms with Crippen molar-refractivity contribution in [3.63, 3.8) is 0 Å². The molecular weight excluding hydrogens is 194 g/mol. The fraction of sp³-hybridized carbons (Fsp3) is 0.636. The summed E-state index contributed by atoms with van der Waals surface area (Å²) in [6.45, 7) is 4.34. The molecule has 0 aliphatic carbocycles. The summed E-state index contributed by atoms with van der Waals surface area (Å²) >= 11 is 1.78. The van der Waals surface area contributed by atoms with E-state index in [1.54, 1.807) is 11.3 Å². The molecular formula is C11H17NOS. The Morgan fingerprint density at radius 1 is 1.50 bits per heavy atom. The minimum atomic E-state index is 0.262. The van der Waals surface area contributed by atoms with E-state index in [0.717, 1.165) is 25.9 Å². The fourth-order valence-electron chi connectivity index (χ4n) is 1.81. The highest BCUT2D eigenvalue weighted by Gasteiger charge is 2.17. The van der Waals surface area contributed by atoms with Crippen LogP contribution in [0.5, 0.6) is 0 Å². The Morgan fingerprint density at radius 2 is 2.29 bits per heavy atom. The highest BCUT2D eigenvalue weighted by Crippen LogP contribution is 2.25. The monoisotopic (exact) mass is 211 g/mol. The molecule has 0 saturated carbocycles. The minimum Gasteiger partial charge on any atom is -0.370 e. The number of nitrogens with one attached hydrogen (secondary N) is 1. The second kappa shape index (κ2) is 4.91. The predicted molar refractivity (Wildman–Crippen MR) is 59.7 cm³/mol. The SMILES string of the molecule is C[C@H](OC1CCNCC1)c1cccs1. The standard InChI is InChI=1S/C11H17NOS/c1-9(11-3-2-8-14-11)13-10-4-6-12-7-5-10/h2-3,8-10,12H,4-7H2,1H3/t9-/m0/s1. The number of piperidine rings is 1. The zero-order valence-electron chi connectivity index (χ0n) is 8.53. The van der Waals surface area contributed by atoms with Gasteiger partial charge in [0.05, 0.1) is 12.2 Å². The maximum absolute atomic E-state index is 6.01. The first kappa shape index (κ1) is 10.1. The fourth-order valence-corrected chi connectivity index (χ4v) is 2.53. The molecule has 2 rings (SSSR count). The van der Waals surface area contributed by atoms with Gasteiger partial charge in [0, 0.05) is 4.88 Å². The van der Waals surface area contributed by atoms with Gasteiger partial charge in [0.15, 0.2) is 0 Å². The third-order valence-corrected chi connectivity index (χ3v) is 3.66. The van der Waals surface area contributed by atoms with E-state index in [1.807, 2.05) is 0 Å². The van der Waals surface area contributed by atoms with Crippen molar-refractivity contribution in [2.45, 2.75) is 32.0 Å². The van der Waals surface area contributed by atoms with E-state index in [4.69, 9.17) is 4.74 Å². The van der Waals surface area contributed by atoms with Crippen molar-refractivity contribution in [1.82, 2.24) is 5.32 Å². The van der Waals surface area contributed by atoms with Crippen molar-refractivity contribution < 1.29 is 4.74 Å². The topological polar surface area (TPSA) is 21.3 Å². The summed E-state index contributed by atoms with van der Waals surface area (Å²) < 4.78 is 6.01. The Bertz CT molecular complexity index is 254. The Morgan fingerprint density at radius 3 is 2.93 bits per heavy atom. The first-order valence-corrected chi connectivity index (χ1v) is 6.14. The second-order valence-corrected chi connectivity index (χ2v) is 4.72. The Labute approximate surface area is 89.3 Å². The molecule has 0 unspecified atom stereocenters. The molecule has 1 aliphatic rings. The minimum absolute atomic E-state index is 0.262. The molecule has 0 bridgehead atoms. The molecule has 1 aliphatic heterocycles. The lowest BCUT2D eigenvalue weighted by molar-refractivity contribution is -0.0169. The van der Waals surface area contributed by atoms with Crippen LogP contribution in [0.3, 0.4) is 0 Å². The van der Waals surface area contributed by atoms with Crippen molar-refractivity contribution in [1.29, 1.82) is 0 Å². The lowest BCUT2D eigenvalue weighted by atomic mass is 10.1. The van der Waals surface area contributed by atoms with Crippen molar-refractivity contribution in [3.05, 3.63) is 22.4 Å². The summed E-state index contributed by atoms with van der Waals surface area (Å²) in [6.07, 6.45) is 3.01. The molecule has 1 saturated heterocycles. The quantitative estimate of drug-likeness (QED) is 0.829. The molecule has 78 valence electrons. The number of ether oxygens (including phenoxy) is 1. The Hall–Kier alpha value is -0.380. The smallest absolute Gasteiger partial charge is 0.0892 e. The molecule has 0 aromatic carbocycles. The summed E-state index contributed by atoms with van der Waals surface area (Å²) in [5.41, 5.74) is 0. The van der Waals surface area contributed by atoms with Gasteiger partial charge in [-0.3, -0.25) is 0 Å². The first-order valence-electron chi connectivity index (χ1n) is 5.26. The normalized spacial score (nSPS) is 20.9. The van der Waals surface area contributed by atoms with Gasteiger partial charge >= 0.3 is 0 Å². The van der Waals surface area contributed by atoms with E-state index in [2.05, 4.69) is 29.8 Å². The van der Waals surface area contributed by atoms with E-state index < -0.39 is 0 Å². The lowest BCUT2D eigenvalue weighted by Crippen LogP contribution is -2.32. The van der Waals surface area contributed by atoms with Gasteiger partial charge in [-0.05, 0) is 44.3 Å². The van der Waals surface area contributed by atoms with Crippen LogP contribution in [0.1, 0.15) is 30.7 Å². The van der Waals surface area contributed by atoms with Crippen LogP contribution in [-0.2, 0) is 4.74 Å². The summed E-state index contributed by atoms with van der Waals surface area (Å²) in [5, 5.41) is 5.45. The largest absolute Gasteiger partial charge is 0.370 e. The molecule has 3 heteroatoms. The van der Waals surface area contributed by atoms with Crippen LogP contribution in [0.15, 0.2) is 17.5 Å². The van der Waals surface area contributed by atoms with Gasteiger partial charge < -0.3 is 10.1 Å². The summed E-state index contributed by atoms with van der Waals surface area (Å²) in [7, 11) is 0. The van der Waals surface area contributed by atoms with Crippen LogP contribution >= 0.6 is 11.3 Å². The molecule has 2 heterocycles. The molecule has 1 aromatic rings. The maximum Gasteiger partial charge on any atom is 0.0892 e. The highest BCUT2D eigenvalue weighted by molar-refractivity contribution is 7.10. The summed E-state index contributed by atoms with van der Waals surface area (Å²) in [6, 6.07) is 4.23. The third kappa shape index (κ3) is 2.56. The van der Waals surface area contributed by atoms with Gasteiger partial charge in [-0.1, -0.05) is 6.07 Å². The van der Waals surface area contributed by atoms with Gasteiger partial charge in [-0.2, -0.15) is 0 Å². The Balaban J connectivity index is 1.84. The average molecular weight is 211 g/mol. The third-order valence-electron chi connectivity index (χ3n) is 2.63. The van der Waals surface area contributed by atoms with Gasteiger partial charge in [-0.15, -0.1) is 11.3 Å². The van der Waals surface area contributed by atoms with E-state index in [1.165, 1.54) is 4.88 Å². The molecule has 14 heavy (non-hydrogen) atoms. The van der Waals surface area contributed by atoms with Gasteiger partial charge in [-0.25, -0.2) is 0 Å². The van der Waals surface area contributed by atoms with E-state index in [-0.39, 0.29) is 6.10 Å². The second-order valence-electron chi connectivity index (χ2n) is 3.74. The van der Waals surface area contributed by atoms with E-state index in [0.29, 0.717) is 6.10 Å². The number of hydrogen-bond acceptors (Lipinski definition) is 3. The molecule has 1 fully saturated rings. The summed E-state index contributed by atoms with van der Waals surface area (Å²) in [5.74, 6) is 0. The molecule has 0 amide bonds. The van der Waals surface area contributed by atoms with Gasteiger partial charge in [0.25, 0.3) is 0 Å². The van der Waals surface area contributed by atoms with E-state index in [9.17, 15) is 0 Å². The van der Waals surface area contributed by atoms with Crippen molar-refractivity contribution in [2.24, 2.45) is 0 Å². The molecule has 0 radical (unpaired) electrons. The predicted octanol–water partition coefficient (Wildman–Crippen LogP) is 2.58. The lowest BCUT2D eigenvalue weighted by Gasteiger charge is -2.25. The zero-order valence-corrected chi connectivity index (χ0v) is 9.35. The van der Waals surface area contributed by atoms with Crippen LogP contribution < -0.4 is 5.32 Å². The number of hydrogen-bond donors (Lipinski definition) is 1. The first-order chi connectivity index (χ1) is 6.86. The molecule has 0 spiro atoms. The molecule has 1 N–H and O–H groups in total. The van der Waals surface area contributed by atoms with Gasteiger partial charge in [0.2, 0.25) is 0 Å². The molecule has 2 nitrogen and oxygen atoms in total. The van der Waals surface area contributed by atoms with Crippen molar-refractivity contribution in [3.8, 4) is 0 Å². The van der Waals surface area contributed by atoms with Gasteiger partial charge in [0.1, 0.15) is 0 Å². The van der Waals surface area contributed by atoms with Crippen molar-refractivity contribution >= 4 is 11.3 Å². The van der Waals surface area contributed by atoms with Crippen LogP contribution in [0.4, 0.5) is 0 Å². The Kier molecular flexibility index (Phi) is 3.56. The van der Waals surface area contributed by atoms with E-state index >= 15 is 0 Å². The van der Waals surface area contributed by atoms with Crippen LogP contribution in [-0.4, -0.2) is 19.2 Å². The molecule has 1 atom stereocenters. The average Bonchev–Trinajstić information content (AvgIpc) is 2.72.